The molecule has 0 aliphatic rings. The third-order valence-electron chi connectivity index (χ3n) is 3.38. The van der Waals surface area contributed by atoms with Crippen molar-refractivity contribution in [3.63, 3.8) is 0 Å². The van der Waals surface area contributed by atoms with Crippen LogP contribution in [0.4, 0.5) is 4.39 Å². The molecule has 8 heteroatoms. The number of hydrogen-bond donors (Lipinski definition) is 1. The molecule has 0 saturated carbocycles. The van der Waals surface area contributed by atoms with Gasteiger partial charge in [0.15, 0.2) is 0 Å². The van der Waals surface area contributed by atoms with Gasteiger partial charge in [-0.15, -0.1) is 0 Å². The molecule has 2 aromatic heterocycles. The lowest BCUT2D eigenvalue weighted by atomic mass is 10.2. The number of nitrogens with zero attached hydrogens (tertiary/aromatic N) is 3. The molecule has 1 N–H and O–H groups in total. The minimum atomic E-state index is -0.425. The molecule has 1 amide bonds. The van der Waals surface area contributed by atoms with Crippen molar-refractivity contribution < 1.29 is 13.7 Å². The molecule has 0 aliphatic heterocycles. The Hall–Kier alpha value is -3.03. The second kappa shape index (κ2) is 5.99. The Bertz CT molecular complexity index is 932. The molecule has 0 bridgehead atoms. The maximum atomic E-state index is 13.5. The Kier molecular flexibility index (Phi) is 3.88. The molecule has 0 fully saturated rings. The van der Waals surface area contributed by atoms with Crippen LogP contribution in [0.5, 0.6) is 0 Å². The lowest BCUT2D eigenvalue weighted by molar-refractivity contribution is -0.121. The minimum absolute atomic E-state index is 0.0439. The van der Waals surface area contributed by atoms with E-state index >= 15 is 0 Å². The van der Waals surface area contributed by atoms with Crippen molar-refractivity contribution in [2.75, 3.05) is 0 Å². The third-order valence-corrected chi connectivity index (χ3v) is 3.38. The van der Waals surface area contributed by atoms with E-state index in [0.717, 1.165) is 4.57 Å². The average molecular weight is 316 g/mol. The molecule has 1 aromatic carbocycles. The van der Waals surface area contributed by atoms with Gasteiger partial charge in [-0.05, 0) is 13.0 Å². The van der Waals surface area contributed by atoms with Crippen molar-refractivity contribution >= 4 is 17.0 Å². The van der Waals surface area contributed by atoms with Crippen LogP contribution in [-0.2, 0) is 17.9 Å². The lowest BCUT2D eigenvalue weighted by Gasteiger charge is -2.07. The average Bonchev–Trinajstić information content (AvgIpc) is 2.91. The first kappa shape index (κ1) is 14.9. The van der Waals surface area contributed by atoms with E-state index in [1.165, 1.54) is 12.4 Å². The number of rotatable bonds is 4. The number of carbonyl (C=O) groups is 1. The van der Waals surface area contributed by atoms with Crippen LogP contribution in [0.3, 0.4) is 0 Å². The molecule has 2 heterocycles. The van der Waals surface area contributed by atoms with Crippen molar-refractivity contribution in [3.05, 3.63) is 58.0 Å². The Morgan fingerprint density at radius 1 is 1.39 bits per heavy atom. The number of aryl methyl sites for hydroxylation is 1. The molecule has 118 valence electrons. The van der Waals surface area contributed by atoms with E-state index in [1.54, 1.807) is 25.1 Å². The largest absolute Gasteiger partial charge is 0.350 e. The molecular formula is C15H13FN4O3. The van der Waals surface area contributed by atoms with Crippen LogP contribution in [0.15, 0.2) is 39.9 Å². The van der Waals surface area contributed by atoms with Gasteiger partial charge in [0.2, 0.25) is 5.91 Å². The Balaban J connectivity index is 1.73. The minimum Gasteiger partial charge on any atom is -0.350 e. The summed E-state index contributed by atoms with van der Waals surface area (Å²) in [6, 6.07) is 6.15. The van der Waals surface area contributed by atoms with E-state index in [9.17, 15) is 14.0 Å². The number of carbonyl (C=O) groups excluding carboxylic acids is 1. The van der Waals surface area contributed by atoms with Crippen molar-refractivity contribution in [1.82, 2.24) is 20.0 Å². The highest BCUT2D eigenvalue weighted by Crippen LogP contribution is 2.09. The molecule has 3 aromatic rings. The Morgan fingerprint density at radius 3 is 2.96 bits per heavy atom. The number of fused-ring (bicyclic) bond motifs is 1. The van der Waals surface area contributed by atoms with E-state index in [-0.39, 0.29) is 24.2 Å². The van der Waals surface area contributed by atoms with Crippen molar-refractivity contribution in [1.29, 1.82) is 0 Å². The fourth-order valence-corrected chi connectivity index (χ4v) is 2.17. The van der Waals surface area contributed by atoms with E-state index in [0.29, 0.717) is 11.3 Å². The number of benzene rings is 1. The maximum Gasteiger partial charge on any atom is 0.267 e. The highest BCUT2D eigenvalue weighted by Gasteiger charge is 2.14. The third kappa shape index (κ3) is 2.96. The fraction of sp³-hybridized carbons (Fsp3) is 0.200. The summed E-state index contributed by atoms with van der Waals surface area (Å²) >= 11 is 0. The standard InChI is InChI=1S/C15H13FN4O3/c1-9-13-14(23-19-9)18-8-20(15(13)22)7-12(21)17-6-10-4-2-3-5-11(10)16/h2-5,8H,6-7H2,1H3,(H,17,21). The summed E-state index contributed by atoms with van der Waals surface area (Å²) in [5.41, 5.74) is 0.514. The van der Waals surface area contributed by atoms with Gasteiger partial charge in [0.05, 0.1) is 5.69 Å². The van der Waals surface area contributed by atoms with Crippen LogP contribution < -0.4 is 10.9 Å². The van der Waals surface area contributed by atoms with Gasteiger partial charge in [0.1, 0.15) is 24.1 Å². The normalized spacial score (nSPS) is 10.9. The molecule has 7 nitrogen and oxygen atoms in total. The van der Waals surface area contributed by atoms with E-state index < -0.39 is 17.3 Å². The molecule has 0 aliphatic carbocycles. The second-order valence-electron chi connectivity index (χ2n) is 4.99. The predicted molar refractivity (Wildman–Crippen MR) is 79.0 cm³/mol. The summed E-state index contributed by atoms with van der Waals surface area (Å²) in [6.07, 6.45) is 1.22. The highest BCUT2D eigenvalue weighted by molar-refractivity contribution is 5.77. The smallest absolute Gasteiger partial charge is 0.267 e. The predicted octanol–water partition coefficient (Wildman–Crippen LogP) is 1.15. The first-order valence-electron chi connectivity index (χ1n) is 6.88. The number of amides is 1. The van der Waals surface area contributed by atoms with Crippen LogP contribution in [0.1, 0.15) is 11.3 Å². The summed E-state index contributed by atoms with van der Waals surface area (Å²) in [4.78, 5) is 28.1. The zero-order valence-corrected chi connectivity index (χ0v) is 12.2. The monoisotopic (exact) mass is 316 g/mol. The first-order chi connectivity index (χ1) is 11.1. The molecule has 0 spiro atoms. The van der Waals surface area contributed by atoms with Crippen molar-refractivity contribution in [2.24, 2.45) is 0 Å². The van der Waals surface area contributed by atoms with Gasteiger partial charge < -0.3 is 9.84 Å². The summed E-state index contributed by atoms with van der Waals surface area (Å²) in [6.45, 7) is 1.45. The van der Waals surface area contributed by atoms with Gasteiger partial charge in [0, 0.05) is 12.1 Å². The van der Waals surface area contributed by atoms with Crippen molar-refractivity contribution in [2.45, 2.75) is 20.0 Å². The van der Waals surface area contributed by atoms with Crippen LogP contribution in [-0.4, -0.2) is 20.6 Å². The molecule has 0 radical (unpaired) electrons. The summed E-state index contributed by atoms with van der Waals surface area (Å²) < 4.78 is 19.5. The van der Waals surface area contributed by atoms with E-state index in [4.69, 9.17) is 4.52 Å². The summed E-state index contributed by atoms with van der Waals surface area (Å²) in [5.74, 6) is -0.821. The second-order valence-corrected chi connectivity index (χ2v) is 4.99. The van der Waals surface area contributed by atoms with E-state index in [2.05, 4.69) is 15.5 Å². The first-order valence-corrected chi connectivity index (χ1v) is 6.88. The van der Waals surface area contributed by atoms with Gasteiger partial charge in [0.25, 0.3) is 11.3 Å². The summed E-state index contributed by atoms with van der Waals surface area (Å²) in [5, 5.41) is 6.48. The SMILES string of the molecule is Cc1noc2ncn(CC(=O)NCc3ccccc3F)c(=O)c12. The molecule has 0 atom stereocenters. The zero-order valence-electron chi connectivity index (χ0n) is 12.2. The zero-order chi connectivity index (χ0) is 16.4. The van der Waals surface area contributed by atoms with Crippen molar-refractivity contribution in [3.8, 4) is 0 Å². The molecule has 23 heavy (non-hydrogen) atoms. The lowest BCUT2D eigenvalue weighted by Crippen LogP contribution is -2.32. The number of nitrogens with one attached hydrogen (secondary N) is 1. The quantitative estimate of drug-likeness (QED) is 0.780. The number of halogens is 1. The topological polar surface area (TPSA) is 90.0 Å². The molecule has 0 unspecified atom stereocenters. The molecule has 0 saturated heterocycles. The van der Waals surface area contributed by atoms with Crippen LogP contribution in [0, 0.1) is 12.7 Å². The van der Waals surface area contributed by atoms with Gasteiger partial charge in [-0.25, -0.2) is 9.37 Å². The van der Waals surface area contributed by atoms with Gasteiger partial charge in [-0.2, -0.15) is 0 Å². The van der Waals surface area contributed by atoms with Crippen LogP contribution in [0.2, 0.25) is 0 Å². The maximum absolute atomic E-state index is 13.5. The highest BCUT2D eigenvalue weighted by atomic mass is 19.1. The van der Waals surface area contributed by atoms with Gasteiger partial charge in [-0.1, -0.05) is 23.4 Å². The van der Waals surface area contributed by atoms with E-state index in [1.807, 2.05) is 0 Å². The molecule has 3 rings (SSSR count). The van der Waals surface area contributed by atoms with Crippen LogP contribution >= 0.6 is 0 Å². The number of hydrogen-bond acceptors (Lipinski definition) is 5. The molecular weight excluding hydrogens is 303 g/mol. The Morgan fingerprint density at radius 2 is 2.17 bits per heavy atom. The number of aromatic nitrogens is 3. The van der Waals surface area contributed by atoms with Gasteiger partial charge in [-0.3, -0.25) is 14.2 Å². The summed E-state index contributed by atoms with van der Waals surface area (Å²) in [7, 11) is 0. The van der Waals surface area contributed by atoms with Gasteiger partial charge >= 0.3 is 0 Å². The fourth-order valence-electron chi connectivity index (χ4n) is 2.17. The van der Waals surface area contributed by atoms with Crippen LogP contribution in [0.25, 0.3) is 11.1 Å². The Labute approximate surface area is 129 Å².